The number of para-hydroxylation sites is 1. The fourth-order valence-corrected chi connectivity index (χ4v) is 5.21. The summed E-state index contributed by atoms with van der Waals surface area (Å²) in [5.41, 5.74) is 3.31. The Morgan fingerprint density at radius 3 is 2.30 bits per heavy atom. The lowest BCUT2D eigenvalue weighted by molar-refractivity contribution is -0.120. The van der Waals surface area contributed by atoms with Crippen molar-refractivity contribution in [1.29, 1.82) is 0 Å². The number of hydrogen-bond acceptors (Lipinski definition) is 3. The van der Waals surface area contributed by atoms with Crippen molar-refractivity contribution < 1.29 is 17.6 Å². The Morgan fingerprint density at radius 2 is 1.60 bits per heavy atom. The first-order chi connectivity index (χ1) is 14.4. The molecule has 0 radical (unpaired) electrons. The SMILES string of the molecule is Cc1ccccc1NC(=O)C1Cc2ccccc2CN1S(=O)(=O)c1ccc(F)cc1. The summed E-state index contributed by atoms with van der Waals surface area (Å²) < 4.78 is 41.3. The van der Waals surface area contributed by atoms with Crippen molar-refractivity contribution in [3.8, 4) is 0 Å². The Bertz CT molecular complexity index is 1190. The molecule has 0 saturated carbocycles. The van der Waals surface area contributed by atoms with Gasteiger partial charge in [-0.2, -0.15) is 4.31 Å². The maximum absolute atomic E-state index is 13.4. The van der Waals surface area contributed by atoms with Gasteiger partial charge in [-0.25, -0.2) is 12.8 Å². The van der Waals surface area contributed by atoms with Crippen LogP contribution in [0.15, 0.2) is 77.7 Å². The van der Waals surface area contributed by atoms with Crippen molar-refractivity contribution >= 4 is 21.6 Å². The van der Waals surface area contributed by atoms with E-state index in [0.29, 0.717) is 5.69 Å². The minimum atomic E-state index is -4.01. The number of aryl methyl sites for hydroxylation is 1. The predicted octanol–water partition coefficient (Wildman–Crippen LogP) is 3.89. The number of anilines is 1. The summed E-state index contributed by atoms with van der Waals surface area (Å²) in [6, 6.07) is 18.6. The van der Waals surface area contributed by atoms with Gasteiger partial charge in [-0.05, 0) is 60.4 Å². The molecule has 1 heterocycles. The second-order valence-corrected chi connectivity index (χ2v) is 9.19. The van der Waals surface area contributed by atoms with E-state index in [9.17, 15) is 17.6 Å². The van der Waals surface area contributed by atoms with Gasteiger partial charge in [0.1, 0.15) is 11.9 Å². The molecule has 0 bridgehead atoms. The molecule has 1 aliphatic heterocycles. The molecular weight excluding hydrogens is 403 g/mol. The molecule has 1 aliphatic rings. The molecule has 0 fully saturated rings. The van der Waals surface area contributed by atoms with Gasteiger partial charge in [0.25, 0.3) is 0 Å². The number of halogens is 1. The summed E-state index contributed by atoms with van der Waals surface area (Å²) in [6.07, 6.45) is 0.258. The zero-order valence-electron chi connectivity index (χ0n) is 16.4. The summed E-state index contributed by atoms with van der Waals surface area (Å²) in [7, 11) is -4.01. The maximum Gasteiger partial charge on any atom is 0.244 e. The maximum atomic E-state index is 13.4. The summed E-state index contributed by atoms with van der Waals surface area (Å²) in [4.78, 5) is 13.2. The molecule has 0 aliphatic carbocycles. The van der Waals surface area contributed by atoms with Crippen molar-refractivity contribution in [2.24, 2.45) is 0 Å². The summed E-state index contributed by atoms with van der Waals surface area (Å²) in [6.45, 7) is 1.94. The predicted molar refractivity (Wildman–Crippen MR) is 113 cm³/mol. The molecule has 30 heavy (non-hydrogen) atoms. The van der Waals surface area contributed by atoms with Gasteiger partial charge in [0.15, 0.2) is 0 Å². The molecule has 1 unspecified atom stereocenters. The van der Waals surface area contributed by atoms with E-state index in [1.165, 1.54) is 16.4 Å². The van der Waals surface area contributed by atoms with Crippen molar-refractivity contribution in [2.45, 2.75) is 30.8 Å². The van der Waals surface area contributed by atoms with Crippen LogP contribution in [0.3, 0.4) is 0 Å². The third-order valence-electron chi connectivity index (χ3n) is 5.33. The molecule has 3 aromatic rings. The number of carbonyl (C=O) groups is 1. The van der Waals surface area contributed by atoms with E-state index in [1.54, 1.807) is 6.07 Å². The Labute approximate surface area is 175 Å². The molecule has 1 amide bonds. The molecule has 154 valence electrons. The highest BCUT2D eigenvalue weighted by Crippen LogP contribution is 2.30. The number of nitrogens with one attached hydrogen (secondary N) is 1. The van der Waals surface area contributed by atoms with Crippen LogP contribution < -0.4 is 5.32 Å². The third kappa shape index (κ3) is 3.86. The topological polar surface area (TPSA) is 66.5 Å². The molecule has 5 nitrogen and oxygen atoms in total. The number of rotatable bonds is 4. The quantitative estimate of drug-likeness (QED) is 0.691. The molecule has 3 aromatic carbocycles. The average Bonchev–Trinajstić information content (AvgIpc) is 2.74. The highest BCUT2D eigenvalue weighted by Gasteiger charge is 2.39. The molecule has 0 saturated heterocycles. The average molecular weight is 424 g/mol. The zero-order chi connectivity index (χ0) is 21.3. The number of nitrogens with zero attached hydrogens (tertiary/aromatic N) is 1. The van der Waals surface area contributed by atoms with E-state index < -0.39 is 27.8 Å². The number of hydrogen-bond donors (Lipinski definition) is 1. The Morgan fingerprint density at radius 1 is 0.967 bits per heavy atom. The minimum absolute atomic E-state index is 0.0445. The lowest BCUT2D eigenvalue weighted by Gasteiger charge is -2.35. The first-order valence-electron chi connectivity index (χ1n) is 9.57. The van der Waals surface area contributed by atoms with Gasteiger partial charge >= 0.3 is 0 Å². The smallest absolute Gasteiger partial charge is 0.244 e. The van der Waals surface area contributed by atoms with Gasteiger partial charge in [0.2, 0.25) is 15.9 Å². The minimum Gasteiger partial charge on any atom is -0.324 e. The fraction of sp³-hybridized carbons (Fsp3) is 0.174. The highest BCUT2D eigenvalue weighted by molar-refractivity contribution is 7.89. The second-order valence-electron chi connectivity index (χ2n) is 7.30. The highest BCUT2D eigenvalue weighted by atomic mass is 32.2. The first-order valence-corrected chi connectivity index (χ1v) is 11.0. The zero-order valence-corrected chi connectivity index (χ0v) is 17.2. The van der Waals surface area contributed by atoms with Gasteiger partial charge in [-0.3, -0.25) is 4.79 Å². The van der Waals surface area contributed by atoms with Crippen LogP contribution in [0.1, 0.15) is 16.7 Å². The van der Waals surface area contributed by atoms with Crippen LogP contribution in [0.2, 0.25) is 0 Å². The number of amides is 1. The monoisotopic (exact) mass is 424 g/mol. The van der Waals surface area contributed by atoms with E-state index >= 15 is 0 Å². The first kappa shape index (κ1) is 20.3. The molecule has 1 atom stereocenters. The summed E-state index contributed by atoms with van der Waals surface area (Å²) in [5, 5.41) is 2.87. The van der Waals surface area contributed by atoms with Crippen molar-refractivity contribution in [3.05, 3.63) is 95.3 Å². The normalized spacial score (nSPS) is 16.7. The molecular formula is C23H21FN2O3S. The van der Waals surface area contributed by atoms with Gasteiger partial charge in [-0.15, -0.1) is 0 Å². The number of carbonyl (C=O) groups excluding carboxylic acids is 1. The Hall–Kier alpha value is -3.03. The third-order valence-corrected chi connectivity index (χ3v) is 7.20. The van der Waals surface area contributed by atoms with E-state index in [4.69, 9.17) is 0 Å². The number of benzene rings is 3. The largest absolute Gasteiger partial charge is 0.324 e. The fourth-order valence-electron chi connectivity index (χ4n) is 3.65. The van der Waals surface area contributed by atoms with Crippen LogP contribution in [0.4, 0.5) is 10.1 Å². The second kappa shape index (κ2) is 8.01. The molecule has 0 aromatic heterocycles. The van der Waals surface area contributed by atoms with Crippen molar-refractivity contribution in [1.82, 2.24) is 4.31 Å². The number of fused-ring (bicyclic) bond motifs is 1. The standard InChI is InChI=1S/C23H21FN2O3S/c1-16-6-2-5-9-21(16)25-23(27)22-14-17-7-3-4-8-18(17)15-26(22)30(28,29)20-12-10-19(24)11-13-20/h2-13,22H,14-15H2,1H3,(H,25,27). The molecule has 4 rings (SSSR count). The van der Waals surface area contributed by atoms with E-state index in [-0.39, 0.29) is 17.9 Å². The van der Waals surface area contributed by atoms with Gasteiger partial charge in [-0.1, -0.05) is 42.5 Å². The van der Waals surface area contributed by atoms with Crippen LogP contribution >= 0.6 is 0 Å². The van der Waals surface area contributed by atoms with Gasteiger partial charge in [0, 0.05) is 12.2 Å². The number of sulfonamides is 1. The van der Waals surface area contributed by atoms with E-state index in [0.717, 1.165) is 28.8 Å². The van der Waals surface area contributed by atoms with Crippen molar-refractivity contribution in [2.75, 3.05) is 5.32 Å². The summed E-state index contributed by atoms with van der Waals surface area (Å²) >= 11 is 0. The van der Waals surface area contributed by atoms with Gasteiger partial charge < -0.3 is 5.32 Å². The lowest BCUT2D eigenvalue weighted by atomic mass is 9.95. The molecule has 0 spiro atoms. The van der Waals surface area contributed by atoms with Crippen LogP contribution in [0.25, 0.3) is 0 Å². The Balaban J connectivity index is 1.73. The van der Waals surface area contributed by atoms with E-state index in [2.05, 4.69) is 5.32 Å². The van der Waals surface area contributed by atoms with Gasteiger partial charge in [0.05, 0.1) is 4.90 Å². The van der Waals surface area contributed by atoms with Crippen LogP contribution in [0, 0.1) is 12.7 Å². The lowest BCUT2D eigenvalue weighted by Crippen LogP contribution is -2.50. The molecule has 7 heteroatoms. The van der Waals surface area contributed by atoms with Crippen LogP contribution in [-0.2, 0) is 27.8 Å². The van der Waals surface area contributed by atoms with Crippen LogP contribution in [-0.4, -0.2) is 24.7 Å². The van der Waals surface area contributed by atoms with Crippen LogP contribution in [0.5, 0.6) is 0 Å². The molecule has 1 N–H and O–H groups in total. The Kier molecular flexibility index (Phi) is 5.40. The van der Waals surface area contributed by atoms with Crippen molar-refractivity contribution in [3.63, 3.8) is 0 Å². The van der Waals surface area contributed by atoms with E-state index in [1.807, 2.05) is 49.4 Å². The summed E-state index contributed by atoms with van der Waals surface area (Å²) in [5.74, 6) is -0.920.